The topological polar surface area (TPSA) is 78.9 Å². The molecule has 0 aliphatic rings. The Balaban J connectivity index is 4.26. The van der Waals surface area contributed by atoms with Crippen molar-refractivity contribution >= 4 is 17.9 Å². The summed E-state index contributed by atoms with van der Waals surface area (Å²) in [5.74, 6) is -0.878. The summed E-state index contributed by atoms with van der Waals surface area (Å²) >= 11 is 0. The normalized spacial score (nSPS) is 12.1. The predicted octanol–water partition coefficient (Wildman–Crippen LogP) is 17.9. The highest BCUT2D eigenvalue weighted by molar-refractivity contribution is 5.71. The number of allylic oxidation sites excluding steroid dienone is 4. The Morgan fingerprint density at radius 1 is 0.306 bits per heavy atom. The Labute approximate surface area is 385 Å². The molecule has 0 aromatic rings. The molecular weight excluding hydrogens is 769 g/mol. The van der Waals surface area contributed by atoms with Crippen molar-refractivity contribution in [2.24, 2.45) is 0 Å². The van der Waals surface area contributed by atoms with E-state index >= 15 is 0 Å². The van der Waals surface area contributed by atoms with E-state index in [-0.39, 0.29) is 31.1 Å². The molecule has 0 saturated carbocycles. The fourth-order valence-electron chi connectivity index (χ4n) is 8.02. The van der Waals surface area contributed by atoms with Crippen LogP contribution in [-0.4, -0.2) is 37.2 Å². The molecule has 0 spiro atoms. The summed E-state index contributed by atoms with van der Waals surface area (Å²) in [5, 5.41) is 0. The van der Waals surface area contributed by atoms with Crippen molar-refractivity contribution in [3.05, 3.63) is 24.3 Å². The number of rotatable bonds is 50. The van der Waals surface area contributed by atoms with Gasteiger partial charge in [0.1, 0.15) is 13.2 Å². The van der Waals surface area contributed by atoms with Gasteiger partial charge in [-0.2, -0.15) is 0 Å². The standard InChI is InChI=1S/C56H104O6/c1-4-7-10-13-16-19-22-25-26-27-28-29-30-31-32-35-37-40-43-46-49-55(58)61-52-53(62-56(59)50-47-44-41-38-34-24-21-18-15-12-9-6-3)51-60-54(57)48-45-42-39-36-33-23-20-17-14-11-8-5-2/h17-18,20-21,53H,4-16,19,22-52H2,1-3H3/b20-17-,21-18-. The first-order valence-electron chi connectivity index (χ1n) is 27.3. The van der Waals surface area contributed by atoms with Crippen molar-refractivity contribution in [2.75, 3.05) is 13.2 Å². The third-order valence-corrected chi connectivity index (χ3v) is 12.2. The van der Waals surface area contributed by atoms with Crippen LogP contribution < -0.4 is 0 Å². The number of unbranched alkanes of at least 4 members (excludes halogenated alkanes) is 35. The van der Waals surface area contributed by atoms with Gasteiger partial charge in [0.15, 0.2) is 6.10 Å². The molecular formula is C56H104O6. The molecule has 0 aliphatic heterocycles. The number of carbonyl (C=O) groups is 3. The van der Waals surface area contributed by atoms with Crippen molar-refractivity contribution < 1.29 is 28.6 Å². The minimum Gasteiger partial charge on any atom is -0.462 e. The molecule has 0 amide bonds. The highest BCUT2D eigenvalue weighted by Crippen LogP contribution is 2.16. The van der Waals surface area contributed by atoms with E-state index in [9.17, 15) is 14.4 Å². The lowest BCUT2D eigenvalue weighted by Gasteiger charge is -2.18. The third kappa shape index (κ3) is 48.9. The average Bonchev–Trinajstić information content (AvgIpc) is 3.27. The van der Waals surface area contributed by atoms with E-state index < -0.39 is 6.10 Å². The van der Waals surface area contributed by atoms with Crippen LogP contribution in [0, 0.1) is 0 Å². The second kappa shape index (κ2) is 51.5. The molecule has 0 aromatic heterocycles. The molecule has 0 bridgehead atoms. The smallest absolute Gasteiger partial charge is 0.306 e. The Kier molecular flexibility index (Phi) is 49.8. The van der Waals surface area contributed by atoms with Crippen LogP contribution in [0.5, 0.6) is 0 Å². The van der Waals surface area contributed by atoms with Crippen LogP contribution in [0.3, 0.4) is 0 Å². The van der Waals surface area contributed by atoms with Gasteiger partial charge >= 0.3 is 17.9 Å². The predicted molar refractivity (Wildman–Crippen MR) is 266 cm³/mol. The van der Waals surface area contributed by atoms with Crippen LogP contribution >= 0.6 is 0 Å². The molecule has 0 aromatic carbocycles. The molecule has 0 heterocycles. The fraction of sp³-hybridized carbons (Fsp3) is 0.875. The van der Waals surface area contributed by atoms with E-state index in [4.69, 9.17) is 14.2 Å². The molecule has 1 unspecified atom stereocenters. The molecule has 0 radical (unpaired) electrons. The van der Waals surface area contributed by atoms with Gasteiger partial charge in [-0.05, 0) is 70.6 Å². The maximum absolute atomic E-state index is 12.8. The molecule has 1 atom stereocenters. The van der Waals surface area contributed by atoms with E-state index in [1.54, 1.807) is 0 Å². The van der Waals surface area contributed by atoms with Crippen LogP contribution in [0.15, 0.2) is 24.3 Å². The zero-order valence-electron chi connectivity index (χ0n) is 41.7. The Hall–Kier alpha value is -2.11. The lowest BCUT2D eigenvalue weighted by molar-refractivity contribution is -0.167. The first-order chi connectivity index (χ1) is 30.5. The summed E-state index contributed by atoms with van der Waals surface area (Å²) in [4.78, 5) is 38.0. The molecule has 0 N–H and O–H groups in total. The van der Waals surface area contributed by atoms with Gasteiger partial charge < -0.3 is 14.2 Å². The minimum atomic E-state index is -0.774. The zero-order chi connectivity index (χ0) is 45.1. The quantitative estimate of drug-likeness (QED) is 0.0262. The van der Waals surface area contributed by atoms with Gasteiger partial charge in [-0.25, -0.2) is 0 Å². The van der Waals surface area contributed by atoms with E-state index in [0.717, 1.165) is 70.6 Å². The van der Waals surface area contributed by atoms with Crippen molar-refractivity contribution in [2.45, 2.75) is 303 Å². The molecule has 0 rings (SSSR count). The summed E-state index contributed by atoms with van der Waals surface area (Å²) in [6, 6.07) is 0. The Bertz CT molecular complexity index is 1000. The average molecular weight is 873 g/mol. The van der Waals surface area contributed by atoms with Crippen LogP contribution in [0.2, 0.25) is 0 Å². The van der Waals surface area contributed by atoms with Crippen LogP contribution in [0.4, 0.5) is 0 Å². The second-order valence-electron chi connectivity index (χ2n) is 18.5. The first kappa shape index (κ1) is 59.9. The van der Waals surface area contributed by atoms with Crippen molar-refractivity contribution in [1.29, 1.82) is 0 Å². The Morgan fingerprint density at radius 3 is 0.839 bits per heavy atom. The first-order valence-corrected chi connectivity index (χ1v) is 27.3. The van der Waals surface area contributed by atoms with Gasteiger partial charge in [0.05, 0.1) is 0 Å². The summed E-state index contributed by atoms with van der Waals surface area (Å²) in [6.07, 6.45) is 58.8. The zero-order valence-corrected chi connectivity index (χ0v) is 41.7. The lowest BCUT2D eigenvalue weighted by Crippen LogP contribution is -2.30. The number of hydrogen-bond acceptors (Lipinski definition) is 6. The Morgan fingerprint density at radius 2 is 0.532 bits per heavy atom. The molecule has 62 heavy (non-hydrogen) atoms. The number of esters is 3. The lowest BCUT2D eigenvalue weighted by atomic mass is 10.0. The van der Waals surface area contributed by atoms with Crippen molar-refractivity contribution in [3.63, 3.8) is 0 Å². The minimum absolute atomic E-state index is 0.0734. The highest BCUT2D eigenvalue weighted by Gasteiger charge is 2.19. The van der Waals surface area contributed by atoms with Crippen molar-refractivity contribution in [3.8, 4) is 0 Å². The van der Waals surface area contributed by atoms with Crippen molar-refractivity contribution in [1.82, 2.24) is 0 Å². The van der Waals surface area contributed by atoms with Gasteiger partial charge in [-0.15, -0.1) is 0 Å². The third-order valence-electron chi connectivity index (χ3n) is 12.2. The van der Waals surface area contributed by atoms with E-state index in [1.807, 2.05) is 0 Å². The van der Waals surface area contributed by atoms with Gasteiger partial charge in [0.2, 0.25) is 0 Å². The van der Waals surface area contributed by atoms with Crippen LogP contribution in [0.1, 0.15) is 297 Å². The largest absolute Gasteiger partial charge is 0.462 e. The van der Waals surface area contributed by atoms with Crippen LogP contribution in [0.25, 0.3) is 0 Å². The maximum Gasteiger partial charge on any atom is 0.306 e. The number of hydrogen-bond donors (Lipinski definition) is 0. The van der Waals surface area contributed by atoms with E-state index in [1.165, 1.54) is 186 Å². The molecule has 0 aliphatic carbocycles. The molecule has 0 saturated heterocycles. The number of ether oxygens (including phenoxy) is 3. The monoisotopic (exact) mass is 873 g/mol. The number of carbonyl (C=O) groups excluding carboxylic acids is 3. The molecule has 6 nitrogen and oxygen atoms in total. The SMILES string of the molecule is CCCCC/C=C\CCCCCCCC(=O)OCC(COC(=O)CCCCCCCCCCCCCCCCCCCCCC)OC(=O)CCCCCCC/C=C\CCCCC. The highest BCUT2D eigenvalue weighted by atomic mass is 16.6. The summed E-state index contributed by atoms with van der Waals surface area (Å²) < 4.78 is 16.8. The van der Waals surface area contributed by atoms with E-state index in [0.29, 0.717) is 19.3 Å². The molecule has 6 heteroatoms. The second-order valence-corrected chi connectivity index (χ2v) is 18.5. The molecule has 364 valence electrons. The molecule has 0 fully saturated rings. The summed E-state index contributed by atoms with van der Waals surface area (Å²) in [6.45, 7) is 6.61. The van der Waals surface area contributed by atoms with Crippen LogP contribution in [-0.2, 0) is 28.6 Å². The van der Waals surface area contributed by atoms with Gasteiger partial charge in [0, 0.05) is 19.3 Å². The fourth-order valence-corrected chi connectivity index (χ4v) is 8.02. The van der Waals surface area contributed by atoms with Gasteiger partial charge in [-0.3, -0.25) is 14.4 Å². The summed E-state index contributed by atoms with van der Waals surface area (Å²) in [7, 11) is 0. The summed E-state index contributed by atoms with van der Waals surface area (Å²) in [5.41, 5.74) is 0. The maximum atomic E-state index is 12.8. The van der Waals surface area contributed by atoms with Gasteiger partial charge in [-0.1, -0.05) is 231 Å². The van der Waals surface area contributed by atoms with E-state index in [2.05, 4.69) is 45.1 Å². The van der Waals surface area contributed by atoms with Gasteiger partial charge in [0.25, 0.3) is 0 Å².